The molecule has 4 atom stereocenters. The van der Waals surface area contributed by atoms with Gasteiger partial charge in [0.1, 0.15) is 5.75 Å². The number of aliphatic hydroxyl groups is 2. The number of allylic oxidation sites excluding steroid dienone is 1. The Morgan fingerprint density at radius 2 is 1.90 bits per heavy atom. The van der Waals surface area contributed by atoms with E-state index in [0.29, 0.717) is 24.0 Å². The first-order valence-electron chi connectivity index (χ1n) is 13.0. The Labute approximate surface area is 227 Å². The number of imide groups is 1. The molecule has 0 radical (unpaired) electrons. The summed E-state index contributed by atoms with van der Waals surface area (Å²) < 4.78 is 5.38. The first-order chi connectivity index (χ1) is 18.7. The van der Waals surface area contributed by atoms with Gasteiger partial charge in [-0.25, -0.2) is 0 Å². The first kappa shape index (κ1) is 28.7. The number of anilines is 1. The van der Waals surface area contributed by atoms with Crippen molar-refractivity contribution in [2.24, 2.45) is 17.8 Å². The van der Waals surface area contributed by atoms with Gasteiger partial charge in [0.15, 0.2) is 0 Å². The van der Waals surface area contributed by atoms with Crippen LogP contribution in [0.1, 0.15) is 31.7 Å². The average Bonchev–Trinajstić information content (AvgIpc) is 3.15. The van der Waals surface area contributed by atoms with E-state index in [2.05, 4.69) is 0 Å². The normalized spacial score (nSPS) is 22.4. The number of aliphatic hydroxyl groups excluding tert-OH is 2. The van der Waals surface area contributed by atoms with Crippen LogP contribution >= 0.6 is 0 Å². The molecule has 0 aromatic heterocycles. The minimum atomic E-state index is -1.76. The first-order valence-corrected chi connectivity index (χ1v) is 13.0. The third-order valence-electron chi connectivity index (χ3n) is 7.58. The van der Waals surface area contributed by atoms with Crippen LogP contribution in [0.3, 0.4) is 0 Å². The molecule has 2 amide bonds. The molecule has 206 valence electrons. The highest BCUT2D eigenvalue weighted by molar-refractivity contribution is 6.58. The molecule has 10 heteroatoms. The van der Waals surface area contributed by atoms with Gasteiger partial charge in [0, 0.05) is 13.0 Å². The third-order valence-corrected chi connectivity index (χ3v) is 7.58. The number of hydrogen-bond acceptors (Lipinski definition) is 8. The average molecular weight is 535 g/mol. The van der Waals surface area contributed by atoms with Crippen LogP contribution in [0.15, 0.2) is 65.3 Å². The van der Waals surface area contributed by atoms with Crippen molar-refractivity contribution in [1.29, 1.82) is 0 Å². The second kappa shape index (κ2) is 12.3. The Balaban J connectivity index is 1.60. The molecule has 1 saturated heterocycles. The highest BCUT2D eigenvalue weighted by Gasteiger charge is 2.55. The van der Waals surface area contributed by atoms with E-state index in [4.69, 9.17) is 4.74 Å². The molecule has 1 aliphatic heterocycles. The lowest BCUT2D eigenvalue weighted by molar-refractivity contribution is -0.123. The molecule has 39 heavy (non-hydrogen) atoms. The summed E-state index contributed by atoms with van der Waals surface area (Å²) in [4.78, 5) is 28.2. The summed E-state index contributed by atoms with van der Waals surface area (Å²) in [6.45, 7) is 1.65. The fourth-order valence-corrected chi connectivity index (χ4v) is 5.84. The second-order valence-electron chi connectivity index (χ2n) is 10.2. The molecule has 0 bridgehead atoms. The fourth-order valence-electron chi connectivity index (χ4n) is 5.84. The van der Waals surface area contributed by atoms with Gasteiger partial charge in [0.05, 0.1) is 36.8 Å². The van der Waals surface area contributed by atoms with Crippen LogP contribution in [0.5, 0.6) is 5.75 Å². The van der Waals surface area contributed by atoms with E-state index in [-0.39, 0.29) is 29.9 Å². The number of rotatable bonds is 10. The maximum atomic E-state index is 13.6. The van der Waals surface area contributed by atoms with Crippen molar-refractivity contribution in [3.63, 3.8) is 0 Å². The zero-order chi connectivity index (χ0) is 28.3. The van der Waals surface area contributed by atoms with Gasteiger partial charge >= 0.3 is 7.12 Å². The number of carbonyl (C=O) groups excluding carboxylic acids is 2. The summed E-state index contributed by atoms with van der Waals surface area (Å²) in [5.41, 5.74) is 3.42. The summed E-state index contributed by atoms with van der Waals surface area (Å²) in [6, 6.07) is 12.8. The molecule has 1 fully saturated rings. The van der Waals surface area contributed by atoms with Crippen molar-refractivity contribution < 1.29 is 39.7 Å². The lowest BCUT2D eigenvalue weighted by Gasteiger charge is -2.36. The van der Waals surface area contributed by atoms with E-state index in [1.165, 1.54) is 25.3 Å². The van der Waals surface area contributed by atoms with E-state index in [9.17, 15) is 35.0 Å². The largest absolute Gasteiger partial charge is 0.508 e. The molecule has 4 rings (SSSR count). The fraction of sp³-hybridized carbons (Fsp3) is 0.379. The summed E-state index contributed by atoms with van der Waals surface area (Å²) in [7, 11) is -0.245. The number of phenolic OH excluding ortho intramolecular Hbond substituents is 1. The van der Waals surface area contributed by atoms with Gasteiger partial charge in [-0.2, -0.15) is 0 Å². The molecule has 0 spiro atoms. The summed E-state index contributed by atoms with van der Waals surface area (Å²) >= 11 is 0. The van der Waals surface area contributed by atoms with E-state index < -0.39 is 49.4 Å². The van der Waals surface area contributed by atoms with Gasteiger partial charge in [-0.15, -0.1) is 0 Å². The van der Waals surface area contributed by atoms with Gasteiger partial charge in [0.25, 0.3) is 0 Å². The van der Waals surface area contributed by atoms with Crippen LogP contribution in [-0.4, -0.2) is 70.7 Å². The maximum absolute atomic E-state index is 13.6. The lowest BCUT2D eigenvalue weighted by atomic mass is 9.68. The predicted octanol–water partition coefficient (Wildman–Crippen LogP) is 1.38. The molecule has 2 aromatic rings. The van der Waals surface area contributed by atoms with Crippen molar-refractivity contribution in [2.75, 3.05) is 25.2 Å². The minimum absolute atomic E-state index is 0.144. The summed E-state index contributed by atoms with van der Waals surface area (Å²) in [6.07, 6.45) is 2.03. The van der Waals surface area contributed by atoms with Crippen LogP contribution in [0, 0.1) is 17.8 Å². The lowest BCUT2D eigenvalue weighted by Crippen LogP contribution is -2.39. The second-order valence-corrected chi connectivity index (χ2v) is 10.2. The van der Waals surface area contributed by atoms with Gasteiger partial charge in [0.2, 0.25) is 11.8 Å². The predicted molar refractivity (Wildman–Crippen MR) is 147 cm³/mol. The molecule has 1 aliphatic carbocycles. The number of aromatic hydroxyl groups is 1. The van der Waals surface area contributed by atoms with Crippen LogP contribution < -0.4 is 10.4 Å². The Morgan fingerprint density at radius 1 is 1.15 bits per heavy atom. The Morgan fingerprint density at radius 3 is 2.56 bits per heavy atom. The Kier molecular flexibility index (Phi) is 9.04. The van der Waals surface area contributed by atoms with E-state index in [1.54, 1.807) is 24.3 Å². The molecular weight excluding hydrogens is 501 g/mol. The summed E-state index contributed by atoms with van der Waals surface area (Å²) in [5.74, 6) is -3.12. The van der Waals surface area contributed by atoms with E-state index >= 15 is 0 Å². The van der Waals surface area contributed by atoms with Crippen LogP contribution in [0.25, 0.3) is 6.08 Å². The Bertz CT molecular complexity index is 1290. The molecule has 2 aliphatic rings. The number of methoxy groups -OCH3 is 1. The molecule has 9 nitrogen and oxygen atoms in total. The quantitative estimate of drug-likeness (QED) is 0.174. The van der Waals surface area contributed by atoms with Crippen LogP contribution in [0.2, 0.25) is 0 Å². The highest BCUT2D eigenvalue weighted by Crippen LogP contribution is 2.47. The number of benzene rings is 2. The molecular formula is C29H34BNO8. The number of amides is 2. The van der Waals surface area contributed by atoms with Gasteiger partial charge < -0.3 is 30.1 Å². The molecule has 0 saturated carbocycles. The van der Waals surface area contributed by atoms with E-state index in [1.807, 2.05) is 19.1 Å². The smallest absolute Gasteiger partial charge is 0.488 e. The van der Waals surface area contributed by atoms with Gasteiger partial charge in [-0.1, -0.05) is 35.9 Å². The van der Waals surface area contributed by atoms with Crippen molar-refractivity contribution in [1.82, 2.24) is 0 Å². The molecule has 5 N–H and O–H groups in total. The van der Waals surface area contributed by atoms with Crippen LogP contribution in [-0.2, 0) is 14.3 Å². The zero-order valence-electron chi connectivity index (χ0n) is 22.0. The number of phenols is 1. The Hall–Kier alpha value is -3.28. The number of carbonyl (C=O) groups is 2. The SMILES string of the molecule is COCC1=C([C@H](O)CC/C(C)=C/c2cccc(O)c2)[C@H](CO)[C@@H]2C(=O)N(c3cccc(B(O)O)c3)C(=O)[C@@H]2C1. The monoisotopic (exact) mass is 535 g/mol. The van der Waals surface area contributed by atoms with Crippen molar-refractivity contribution in [2.45, 2.75) is 32.3 Å². The van der Waals surface area contributed by atoms with Crippen molar-refractivity contribution >= 4 is 36.2 Å². The standard InChI is InChI=1S/C29H34BNO8/c1-17(11-18-5-3-8-22(33)12-18)9-10-25(34)26-19(16-39-2)13-23-27(24(26)15-32)29(36)31(28(23)35)21-7-4-6-20(14-21)30(37)38/h3-8,11-12,14,23-25,27,32-34,37-38H,9-10,13,15-16H2,1-2H3/b17-11+/t23-,24+,25-,27-/m1/s1. The third kappa shape index (κ3) is 6.00. The topological polar surface area (TPSA) is 148 Å². The van der Waals surface area contributed by atoms with Crippen LogP contribution in [0.4, 0.5) is 5.69 Å². The molecule has 2 aromatic carbocycles. The zero-order valence-corrected chi connectivity index (χ0v) is 22.0. The number of nitrogens with zero attached hydrogens (tertiary/aromatic N) is 1. The highest BCUT2D eigenvalue weighted by atomic mass is 16.5. The number of hydrogen-bond donors (Lipinski definition) is 5. The molecule has 0 unspecified atom stereocenters. The number of fused-ring (bicyclic) bond motifs is 1. The summed E-state index contributed by atoms with van der Waals surface area (Å²) in [5, 5.41) is 50.6. The minimum Gasteiger partial charge on any atom is -0.508 e. The van der Waals surface area contributed by atoms with Gasteiger partial charge in [-0.05, 0) is 72.6 Å². The van der Waals surface area contributed by atoms with Gasteiger partial charge in [-0.3, -0.25) is 14.5 Å². The van der Waals surface area contributed by atoms with Crippen molar-refractivity contribution in [3.05, 3.63) is 70.8 Å². The van der Waals surface area contributed by atoms with Crippen molar-refractivity contribution in [3.8, 4) is 5.75 Å². The number of ether oxygens (including phenoxy) is 1. The maximum Gasteiger partial charge on any atom is 0.488 e. The van der Waals surface area contributed by atoms with E-state index in [0.717, 1.165) is 16.0 Å². The molecule has 1 heterocycles.